The van der Waals surface area contributed by atoms with Crippen LogP contribution in [0.1, 0.15) is 23.6 Å². The van der Waals surface area contributed by atoms with Crippen LogP contribution in [0.5, 0.6) is 11.5 Å². The second-order valence-electron chi connectivity index (χ2n) is 6.40. The van der Waals surface area contributed by atoms with E-state index in [2.05, 4.69) is 5.32 Å². The molecule has 0 saturated heterocycles. The summed E-state index contributed by atoms with van der Waals surface area (Å²) in [5, 5.41) is 5.34. The van der Waals surface area contributed by atoms with Crippen LogP contribution in [0.3, 0.4) is 0 Å². The zero-order valence-corrected chi connectivity index (χ0v) is 19.5. The Bertz CT molecular complexity index is 966. The number of ether oxygens (including phenoxy) is 2. The minimum absolute atomic E-state index is 0. The molecule has 160 valence electrons. The molecule has 0 unspecified atom stereocenters. The lowest BCUT2D eigenvalue weighted by Gasteiger charge is -2.17. The van der Waals surface area contributed by atoms with E-state index in [1.165, 1.54) is 0 Å². The third-order valence-electron chi connectivity index (χ3n) is 4.34. The van der Waals surface area contributed by atoms with Crippen LogP contribution in [-0.4, -0.2) is 6.61 Å². The van der Waals surface area contributed by atoms with E-state index in [9.17, 15) is 0 Å². The Morgan fingerprint density at radius 1 is 0.767 bits per heavy atom. The van der Waals surface area contributed by atoms with Gasteiger partial charge in [-0.3, -0.25) is 0 Å². The molecule has 0 aromatic heterocycles. The Balaban J connectivity index is 0.00000320. The van der Waals surface area contributed by atoms with Crippen molar-refractivity contribution in [3.63, 3.8) is 0 Å². The predicted octanol–water partition coefficient (Wildman–Crippen LogP) is 7.34. The molecule has 3 rings (SSSR count). The summed E-state index contributed by atoms with van der Waals surface area (Å²) >= 11 is 18.5. The van der Waals surface area contributed by atoms with Crippen molar-refractivity contribution in [1.82, 2.24) is 5.32 Å². The molecule has 0 bridgehead atoms. The molecule has 1 N–H and O–H groups in total. The molecule has 0 aliphatic heterocycles. The fourth-order valence-electron chi connectivity index (χ4n) is 2.90. The third kappa shape index (κ3) is 6.69. The van der Waals surface area contributed by atoms with Crippen molar-refractivity contribution in [3.05, 3.63) is 92.4 Å². The highest BCUT2D eigenvalue weighted by Crippen LogP contribution is 2.33. The normalized spacial score (nSPS) is 10.4. The van der Waals surface area contributed by atoms with Gasteiger partial charge in [-0.25, -0.2) is 0 Å². The van der Waals surface area contributed by atoms with Crippen LogP contribution in [-0.2, 0) is 19.7 Å². The maximum atomic E-state index is 6.28. The van der Waals surface area contributed by atoms with E-state index >= 15 is 0 Å². The number of halogens is 4. The van der Waals surface area contributed by atoms with Crippen LogP contribution in [0.15, 0.2) is 60.7 Å². The molecule has 0 fully saturated rings. The average molecular weight is 487 g/mol. The molecule has 3 aromatic rings. The molecule has 0 aliphatic rings. The first-order valence-corrected chi connectivity index (χ1v) is 10.5. The third-order valence-corrected chi connectivity index (χ3v) is 5.29. The fraction of sp³-hybridized carbons (Fsp3) is 0.217. The number of rotatable bonds is 9. The molecule has 0 radical (unpaired) electrons. The zero-order valence-electron chi connectivity index (χ0n) is 16.5. The van der Waals surface area contributed by atoms with E-state index in [0.717, 1.165) is 21.7 Å². The van der Waals surface area contributed by atoms with Gasteiger partial charge in [0.15, 0.2) is 11.5 Å². The summed E-state index contributed by atoms with van der Waals surface area (Å²) in [4.78, 5) is 0. The lowest BCUT2D eigenvalue weighted by atomic mass is 10.1. The largest absolute Gasteiger partial charge is 0.490 e. The fourth-order valence-corrected chi connectivity index (χ4v) is 3.56. The molecule has 30 heavy (non-hydrogen) atoms. The number of para-hydroxylation sites is 1. The highest BCUT2D eigenvalue weighted by Gasteiger charge is 2.13. The van der Waals surface area contributed by atoms with Gasteiger partial charge in [0.25, 0.3) is 0 Å². The number of benzene rings is 3. The molecule has 7 heteroatoms. The van der Waals surface area contributed by atoms with Crippen LogP contribution in [0.25, 0.3) is 0 Å². The molecular formula is C23H23Cl4NO2. The van der Waals surface area contributed by atoms with E-state index in [0.29, 0.717) is 47.8 Å². The Morgan fingerprint density at radius 2 is 1.50 bits per heavy atom. The van der Waals surface area contributed by atoms with Gasteiger partial charge in [-0.1, -0.05) is 71.2 Å². The topological polar surface area (TPSA) is 30.5 Å². The van der Waals surface area contributed by atoms with Crippen molar-refractivity contribution >= 4 is 47.2 Å². The van der Waals surface area contributed by atoms with E-state index in [1.54, 1.807) is 12.1 Å². The van der Waals surface area contributed by atoms with E-state index in [1.807, 2.05) is 55.5 Å². The molecule has 0 heterocycles. The Labute approximate surface area is 198 Å². The van der Waals surface area contributed by atoms with Gasteiger partial charge < -0.3 is 14.8 Å². The van der Waals surface area contributed by atoms with Gasteiger partial charge in [-0.2, -0.15) is 0 Å². The predicted molar refractivity (Wildman–Crippen MR) is 128 cm³/mol. The molecule has 0 atom stereocenters. The van der Waals surface area contributed by atoms with Crippen molar-refractivity contribution in [2.75, 3.05) is 6.61 Å². The first-order valence-electron chi connectivity index (χ1n) is 9.34. The minimum atomic E-state index is 0. The smallest absolute Gasteiger partial charge is 0.166 e. The number of nitrogens with one attached hydrogen (secondary N) is 1. The SMILES string of the molecule is CCOc1cccc(CNCc2ccccc2Cl)c1OCc1ccc(Cl)cc1Cl.Cl. The van der Waals surface area contributed by atoms with Gasteiger partial charge in [0, 0.05) is 39.3 Å². The van der Waals surface area contributed by atoms with Crippen molar-refractivity contribution in [2.45, 2.75) is 26.6 Å². The maximum absolute atomic E-state index is 6.28. The molecule has 0 aliphatic carbocycles. The Hall–Kier alpha value is -1.62. The lowest BCUT2D eigenvalue weighted by Crippen LogP contribution is -2.14. The van der Waals surface area contributed by atoms with E-state index in [-0.39, 0.29) is 12.4 Å². The quantitative estimate of drug-likeness (QED) is 0.343. The van der Waals surface area contributed by atoms with Crippen LogP contribution in [0.4, 0.5) is 0 Å². The van der Waals surface area contributed by atoms with Gasteiger partial charge in [0.2, 0.25) is 0 Å². The van der Waals surface area contributed by atoms with Crippen molar-refractivity contribution < 1.29 is 9.47 Å². The second kappa shape index (κ2) is 12.3. The van der Waals surface area contributed by atoms with Gasteiger partial charge in [-0.05, 0) is 36.8 Å². The number of hydrogen-bond acceptors (Lipinski definition) is 3. The van der Waals surface area contributed by atoms with Crippen LogP contribution < -0.4 is 14.8 Å². The standard InChI is InChI=1S/C23H22Cl3NO2.ClH/c1-2-28-22-9-5-7-17(14-27-13-16-6-3-4-8-20(16)25)23(22)29-15-18-10-11-19(24)12-21(18)26;/h3-12,27H,2,13-15H2,1H3;1H. The highest BCUT2D eigenvalue weighted by molar-refractivity contribution is 6.35. The average Bonchev–Trinajstić information content (AvgIpc) is 2.70. The maximum Gasteiger partial charge on any atom is 0.166 e. The summed E-state index contributed by atoms with van der Waals surface area (Å²) in [6, 6.07) is 19.0. The summed E-state index contributed by atoms with van der Waals surface area (Å²) in [5.74, 6) is 1.40. The van der Waals surface area contributed by atoms with Crippen molar-refractivity contribution in [1.29, 1.82) is 0 Å². The van der Waals surface area contributed by atoms with Crippen LogP contribution >= 0.6 is 47.2 Å². The van der Waals surface area contributed by atoms with Gasteiger partial charge in [0.1, 0.15) is 6.61 Å². The molecule has 0 spiro atoms. The zero-order chi connectivity index (χ0) is 20.6. The summed E-state index contributed by atoms with van der Waals surface area (Å²) < 4.78 is 11.9. The monoisotopic (exact) mass is 485 g/mol. The molecule has 0 amide bonds. The number of hydrogen-bond donors (Lipinski definition) is 1. The van der Waals surface area contributed by atoms with Gasteiger partial charge in [0.05, 0.1) is 6.61 Å². The Kier molecular flexibility index (Phi) is 10.1. The summed E-state index contributed by atoms with van der Waals surface area (Å²) in [7, 11) is 0. The summed E-state index contributed by atoms with van der Waals surface area (Å²) in [6.07, 6.45) is 0. The molecule has 3 nitrogen and oxygen atoms in total. The lowest BCUT2D eigenvalue weighted by molar-refractivity contribution is 0.266. The minimum Gasteiger partial charge on any atom is -0.490 e. The second-order valence-corrected chi connectivity index (χ2v) is 7.65. The van der Waals surface area contributed by atoms with E-state index in [4.69, 9.17) is 44.3 Å². The molecular weight excluding hydrogens is 464 g/mol. The molecule has 0 saturated carbocycles. The molecule has 3 aromatic carbocycles. The van der Waals surface area contributed by atoms with Crippen LogP contribution in [0.2, 0.25) is 15.1 Å². The Morgan fingerprint density at radius 3 is 2.23 bits per heavy atom. The summed E-state index contributed by atoms with van der Waals surface area (Å²) in [6.45, 7) is 4.07. The first-order chi connectivity index (χ1) is 14.1. The first kappa shape index (κ1) is 24.6. The van der Waals surface area contributed by atoms with Gasteiger partial charge >= 0.3 is 0 Å². The van der Waals surface area contributed by atoms with Crippen molar-refractivity contribution in [3.8, 4) is 11.5 Å². The van der Waals surface area contributed by atoms with Gasteiger partial charge in [-0.15, -0.1) is 12.4 Å². The van der Waals surface area contributed by atoms with E-state index < -0.39 is 0 Å². The summed E-state index contributed by atoms with van der Waals surface area (Å²) in [5.41, 5.74) is 2.90. The highest BCUT2D eigenvalue weighted by atomic mass is 35.5. The van der Waals surface area contributed by atoms with Crippen molar-refractivity contribution in [2.24, 2.45) is 0 Å². The van der Waals surface area contributed by atoms with Crippen LogP contribution in [0, 0.1) is 0 Å².